The first kappa shape index (κ1) is 20.4. The summed E-state index contributed by atoms with van der Waals surface area (Å²) >= 11 is 6.20. The fourth-order valence-corrected chi connectivity index (χ4v) is 5.30. The van der Waals surface area contributed by atoms with Crippen LogP contribution in [0, 0.1) is 11.8 Å². The molecule has 0 aromatic heterocycles. The highest BCUT2D eigenvalue weighted by molar-refractivity contribution is 6.32. The monoisotopic (exact) mass is 435 g/mol. The van der Waals surface area contributed by atoms with Crippen molar-refractivity contribution in [3.63, 3.8) is 0 Å². The molecule has 0 spiro atoms. The standard InChI is InChI=1S/C20H18ClNO8/c1-19(29)7-4-6-5-10(24)13(18(22)28)17(27)20(6,30)16(26)11(7)15(25)12-9(23)3-2-8(21)14(12)19/h2-3,6-7,23,25,27,29-30H,4-5H2,1H3,(H2,22,28)/t6-,7-,19-,20-/m0/s1. The zero-order valence-electron chi connectivity index (χ0n) is 15.6. The fraction of sp³-hybridized carbons (Fsp3) is 0.350. The summed E-state index contributed by atoms with van der Waals surface area (Å²) in [6.07, 6.45) is -0.687. The molecule has 1 aromatic carbocycles. The third-order valence-electron chi connectivity index (χ3n) is 6.41. The number of phenols is 1. The molecule has 0 unspecified atom stereocenters. The number of amides is 1. The maximum absolute atomic E-state index is 13.4. The van der Waals surface area contributed by atoms with Gasteiger partial charge in [-0.3, -0.25) is 14.4 Å². The van der Waals surface area contributed by atoms with Gasteiger partial charge >= 0.3 is 0 Å². The van der Waals surface area contributed by atoms with E-state index in [4.69, 9.17) is 17.3 Å². The van der Waals surface area contributed by atoms with Crippen LogP contribution in [-0.4, -0.2) is 48.6 Å². The van der Waals surface area contributed by atoms with E-state index in [1.807, 2.05) is 0 Å². The average molecular weight is 436 g/mol. The van der Waals surface area contributed by atoms with Crippen molar-refractivity contribution in [2.45, 2.75) is 31.0 Å². The second-order valence-corrected chi connectivity index (χ2v) is 8.43. The van der Waals surface area contributed by atoms with E-state index in [1.165, 1.54) is 19.1 Å². The molecule has 1 aromatic rings. The predicted octanol–water partition coefficient (Wildman–Crippen LogP) is 0.742. The van der Waals surface area contributed by atoms with Crippen LogP contribution in [0.25, 0.3) is 5.76 Å². The van der Waals surface area contributed by atoms with E-state index in [-0.39, 0.29) is 22.6 Å². The van der Waals surface area contributed by atoms with Gasteiger partial charge in [-0.15, -0.1) is 0 Å². The smallest absolute Gasteiger partial charge is 0.255 e. The van der Waals surface area contributed by atoms with E-state index in [9.17, 15) is 39.9 Å². The zero-order valence-corrected chi connectivity index (χ0v) is 16.4. The lowest BCUT2D eigenvalue weighted by molar-refractivity contribution is -0.152. The molecule has 0 aliphatic heterocycles. The van der Waals surface area contributed by atoms with E-state index >= 15 is 0 Å². The number of hydrogen-bond donors (Lipinski definition) is 6. The summed E-state index contributed by atoms with van der Waals surface area (Å²) in [5.41, 5.74) is -1.05. The number of aliphatic hydroxyl groups is 4. The first-order valence-electron chi connectivity index (χ1n) is 9.06. The minimum absolute atomic E-state index is 0.00613. The van der Waals surface area contributed by atoms with Gasteiger partial charge in [0.25, 0.3) is 5.91 Å². The molecule has 1 fully saturated rings. The van der Waals surface area contributed by atoms with Crippen molar-refractivity contribution in [2.24, 2.45) is 17.6 Å². The molecular weight excluding hydrogens is 418 g/mol. The molecule has 1 amide bonds. The minimum atomic E-state index is -2.69. The summed E-state index contributed by atoms with van der Waals surface area (Å²) in [5, 5.41) is 54.0. The van der Waals surface area contributed by atoms with Crippen LogP contribution in [0.2, 0.25) is 5.02 Å². The van der Waals surface area contributed by atoms with Gasteiger partial charge in [-0.1, -0.05) is 11.6 Å². The van der Waals surface area contributed by atoms with E-state index in [2.05, 4.69) is 0 Å². The summed E-state index contributed by atoms with van der Waals surface area (Å²) in [6.45, 7) is 1.33. The highest BCUT2D eigenvalue weighted by Crippen LogP contribution is 2.57. The van der Waals surface area contributed by atoms with E-state index in [1.54, 1.807) is 0 Å². The van der Waals surface area contributed by atoms with Gasteiger partial charge in [-0.2, -0.15) is 0 Å². The second kappa shape index (κ2) is 6.07. The number of rotatable bonds is 1. The summed E-state index contributed by atoms with van der Waals surface area (Å²) in [6, 6.07) is 2.49. The number of benzene rings is 1. The molecule has 3 aliphatic rings. The molecule has 7 N–H and O–H groups in total. The van der Waals surface area contributed by atoms with Crippen LogP contribution < -0.4 is 5.73 Å². The summed E-state index contributed by atoms with van der Waals surface area (Å²) in [7, 11) is 0. The summed E-state index contributed by atoms with van der Waals surface area (Å²) < 4.78 is 0. The Labute approximate surface area is 174 Å². The Kier molecular flexibility index (Phi) is 4.12. The summed E-state index contributed by atoms with van der Waals surface area (Å²) in [5.74, 6) is -8.01. The van der Waals surface area contributed by atoms with Gasteiger partial charge in [-0.05, 0) is 25.5 Å². The number of hydrogen-bond acceptors (Lipinski definition) is 8. The van der Waals surface area contributed by atoms with E-state index < -0.39 is 75.3 Å². The molecule has 158 valence electrons. The second-order valence-electron chi connectivity index (χ2n) is 8.02. The molecule has 0 saturated heterocycles. The number of phenolic OH excluding ortho intramolecular Hbond substituents is 1. The number of primary amides is 1. The molecule has 0 heterocycles. The number of ketones is 2. The first-order chi connectivity index (χ1) is 13.8. The lowest BCUT2D eigenvalue weighted by atomic mass is 9.56. The third kappa shape index (κ3) is 2.28. The Balaban J connectivity index is 2.03. The van der Waals surface area contributed by atoms with Crippen LogP contribution in [-0.2, 0) is 20.0 Å². The zero-order chi connectivity index (χ0) is 22.3. The van der Waals surface area contributed by atoms with Gasteiger partial charge in [0.1, 0.15) is 22.8 Å². The maximum Gasteiger partial charge on any atom is 0.255 e. The molecule has 4 rings (SSSR count). The Morgan fingerprint density at radius 1 is 1.20 bits per heavy atom. The quantitative estimate of drug-likeness (QED) is 0.349. The van der Waals surface area contributed by atoms with E-state index in [0.29, 0.717) is 0 Å². The lowest BCUT2D eigenvalue weighted by Crippen LogP contribution is -2.60. The first-order valence-corrected chi connectivity index (χ1v) is 9.44. The van der Waals surface area contributed by atoms with Crippen LogP contribution in [0.4, 0.5) is 0 Å². The molecule has 10 heteroatoms. The van der Waals surface area contributed by atoms with Crippen LogP contribution in [0.1, 0.15) is 30.9 Å². The fourth-order valence-electron chi connectivity index (χ4n) is 4.95. The number of aromatic hydroxyl groups is 1. The van der Waals surface area contributed by atoms with Crippen molar-refractivity contribution >= 4 is 34.8 Å². The number of carbonyl (C=O) groups is 3. The van der Waals surface area contributed by atoms with Gasteiger partial charge < -0.3 is 31.3 Å². The molecule has 30 heavy (non-hydrogen) atoms. The number of nitrogens with two attached hydrogens (primary N) is 1. The Bertz CT molecular complexity index is 1120. The highest BCUT2D eigenvalue weighted by atomic mass is 35.5. The van der Waals surface area contributed by atoms with Crippen LogP contribution in [0.15, 0.2) is 29.0 Å². The number of carbonyl (C=O) groups excluding carboxylic acids is 3. The van der Waals surface area contributed by atoms with Gasteiger partial charge in [0.05, 0.1) is 11.2 Å². The van der Waals surface area contributed by atoms with Gasteiger partial charge in [0.15, 0.2) is 11.4 Å². The van der Waals surface area contributed by atoms with Crippen LogP contribution in [0.5, 0.6) is 5.75 Å². The Morgan fingerprint density at radius 2 is 1.83 bits per heavy atom. The van der Waals surface area contributed by atoms with Crippen molar-refractivity contribution in [2.75, 3.05) is 0 Å². The predicted molar refractivity (Wildman–Crippen MR) is 102 cm³/mol. The maximum atomic E-state index is 13.4. The molecule has 3 aliphatic carbocycles. The lowest BCUT2D eigenvalue weighted by Gasteiger charge is -2.50. The number of halogens is 1. The molecular formula is C20H18ClNO8. The highest BCUT2D eigenvalue weighted by Gasteiger charge is 2.63. The normalized spacial score (nSPS) is 33.2. The van der Waals surface area contributed by atoms with Gasteiger partial charge in [-0.25, -0.2) is 0 Å². The van der Waals surface area contributed by atoms with Crippen molar-refractivity contribution < 1.29 is 39.9 Å². The molecule has 4 atom stereocenters. The van der Waals surface area contributed by atoms with Crippen LogP contribution in [0.3, 0.4) is 0 Å². The largest absolute Gasteiger partial charge is 0.508 e. The molecule has 9 nitrogen and oxygen atoms in total. The number of Topliss-reactive ketones (excluding diaryl/α,β-unsaturated/α-hetero) is 2. The number of aliphatic hydroxyl groups excluding tert-OH is 2. The van der Waals surface area contributed by atoms with Crippen LogP contribution >= 0.6 is 11.6 Å². The molecule has 0 radical (unpaired) electrons. The third-order valence-corrected chi connectivity index (χ3v) is 6.73. The van der Waals surface area contributed by atoms with Crippen molar-refractivity contribution in [1.29, 1.82) is 0 Å². The van der Waals surface area contributed by atoms with Crippen molar-refractivity contribution in [3.8, 4) is 5.75 Å². The van der Waals surface area contributed by atoms with Gasteiger partial charge in [0, 0.05) is 34.4 Å². The Morgan fingerprint density at radius 3 is 2.43 bits per heavy atom. The van der Waals surface area contributed by atoms with Gasteiger partial charge in [0.2, 0.25) is 5.78 Å². The summed E-state index contributed by atoms with van der Waals surface area (Å²) in [4.78, 5) is 37.3. The number of fused-ring (bicyclic) bond motifs is 3. The Hall–Kier alpha value is -2.88. The average Bonchev–Trinajstić information content (AvgIpc) is 2.64. The SMILES string of the molecule is C[C@@]1(O)c2c(Cl)ccc(O)c2C(O)=C2C(=O)[C@]3(O)C(O)=C(C(N)=O)C(=O)C[C@@H]3C[C@@H]21. The van der Waals surface area contributed by atoms with Crippen molar-refractivity contribution in [1.82, 2.24) is 0 Å². The molecule has 1 saturated carbocycles. The van der Waals surface area contributed by atoms with E-state index in [0.717, 1.165) is 0 Å². The molecule has 0 bridgehead atoms. The minimum Gasteiger partial charge on any atom is -0.508 e. The topological polar surface area (TPSA) is 178 Å². The van der Waals surface area contributed by atoms with Crippen molar-refractivity contribution in [3.05, 3.63) is 45.2 Å².